The van der Waals surface area contributed by atoms with Crippen LogP contribution in [0.25, 0.3) is 0 Å². The van der Waals surface area contributed by atoms with Crippen molar-refractivity contribution >= 4 is 5.91 Å². The molecule has 120 valence electrons. The smallest absolute Gasteiger partial charge is 0.223 e. The fourth-order valence-corrected chi connectivity index (χ4v) is 4.93. The van der Waals surface area contributed by atoms with Crippen LogP contribution in [0.15, 0.2) is 0 Å². The third-order valence-corrected chi connectivity index (χ3v) is 6.59. The first kappa shape index (κ1) is 15.3. The number of nitrogens with two attached hydrogens (primary N) is 1. The van der Waals surface area contributed by atoms with E-state index in [0.29, 0.717) is 23.8 Å². The number of rotatable bonds is 2. The van der Waals surface area contributed by atoms with Crippen LogP contribution >= 0.6 is 0 Å². The molecular formula is C18H32N2O. The molecule has 3 saturated carbocycles. The normalized spacial score (nSPS) is 46.9. The van der Waals surface area contributed by atoms with Gasteiger partial charge in [-0.05, 0) is 76.0 Å². The number of carbonyl (C=O) groups is 1. The Labute approximate surface area is 129 Å². The van der Waals surface area contributed by atoms with Crippen LogP contribution in [0.3, 0.4) is 0 Å². The zero-order chi connectivity index (χ0) is 15.0. The predicted octanol–water partition coefficient (Wildman–Crippen LogP) is 3.23. The van der Waals surface area contributed by atoms with Gasteiger partial charge in [-0.2, -0.15) is 0 Å². The van der Waals surface area contributed by atoms with Crippen LogP contribution < -0.4 is 11.1 Å². The first-order chi connectivity index (χ1) is 9.97. The second-order valence-corrected chi connectivity index (χ2v) is 8.43. The maximum Gasteiger partial charge on any atom is 0.223 e. The summed E-state index contributed by atoms with van der Waals surface area (Å²) in [5, 5.41) is 3.41. The van der Waals surface area contributed by atoms with E-state index < -0.39 is 0 Å². The van der Waals surface area contributed by atoms with E-state index in [4.69, 9.17) is 5.73 Å². The lowest BCUT2D eigenvalue weighted by Crippen LogP contribution is -2.53. The van der Waals surface area contributed by atoms with Crippen LogP contribution in [0.1, 0.15) is 71.6 Å². The summed E-state index contributed by atoms with van der Waals surface area (Å²) < 4.78 is 0. The number of amides is 1. The maximum absolute atomic E-state index is 12.7. The summed E-state index contributed by atoms with van der Waals surface area (Å²) in [6, 6.07) is 0.355. The Balaban J connectivity index is 1.58. The van der Waals surface area contributed by atoms with Crippen molar-refractivity contribution in [1.82, 2.24) is 5.32 Å². The van der Waals surface area contributed by atoms with Gasteiger partial charge in [0, 0.05) is 17.5 Å². The fraction of sp³-hybridized carbons (Fsp3) is 0.944. The van der Waals surface area contributed by atoms with Crippen molar-refractivity contribution in [3.63, 3.8) is 0 Å². The molecule has 3 heteroatoms. The van der Waals surface area contributed by atoms with Crippen molar-refractivity contribution in [2.75, 3.05) is 0 Å². The van der Waals surface area contributed by atoms with Crippen LogP contribution in [0, 0.1) is 23.7 Å². The van der Waals surface area contributed by atoms with Crippen molar-refractivity contribution in [1.29, 1.82) is 0 Å². The Bertz CT molecular complexity index is 373. The van der Waals surface area contributed by atoms with Crippen LogP contribution in [0.5, 0.6) is 0 Å². The molecule has 2 atom stereocenters. The lowest BCUT2D eigenvalue weighted by atomic mass is 9.64. The van der Waals surface area contributed by atoms with Gasteiger partial charge in [-0.25, -0.2) is 0 Å². The number of nitrogens with one attached hydrogen (secondary N) is 1. The van der Waals surface area contributed by atoms with E-state index in [1.165, 1.54) is 32.1 Å². The minimum atomic E-state index is 0.0399. The molecule has 0 aliphatic heterocycles. The highest BCUT2D eigenvalue weighted by Crippen LogP contribution is 2.42. The Hall–Kier alpha value is -0.570. The van der Waals surface area contributed by atoms with E-state index in [1.54, 1.807) is 0 Å². The van der Waals surface area contributed by atoms with E-state index >= 15 is 0 Å². The molecule has 0 aromatic rings. The van der Waals surface area contributed by atoms with Crippen LogP contribution in [-0.4, -0.2) is 17.5 Å². The summed E-state index contributed by atoms with van der Waals surface area (Å²) in [4.78, 5) is 12.7. The van der Waals surface area contributed by atoms with Crippen LogP contribution in [-0.2, 0) is 4.79 Å². The van der Waals surface area contributed by atoms with E-state index in [0.717, 1.165) is 31.6 Å². The summed E-state index contributed by atoms with van der Waals surface area (Å²) >= 11 is 0. The van der Waals surface area contributed by atoms with E-state index in [9.17, 15) is 4.79 Å². The highest BCUT2D eigenvalue weighted by atomic mass is 16.2. The van der Waals surface area contributed by atoms with Gasteiger partial charge in [0.25, 0.3) is 0 Å². The molecule has 21 heavy (non-hydrogen) atoms. The second-order valence-electron chi connectivity index (χ2n) is 8.43. The third kappa shape index (κ3) is 3.28. The summed E-state index contributed by atoms with van der Waals surface area (Å²) in [6.45, 7) is 4.57. The van der Waals surface area contributed by atoms with Crippen molar-refractivity contribution < 1.29 is 4.79 Å². The monoisotopic (exact) mass is 292 g/mol. The zero-order valence-electron chi connectivity index (χ0n) is 13.7. The number of hydrogen-bond acceptors (Lipinski definition) is 2. The molecule has 0 aromatic carbocycles. The molecule has 2 unspecified atom stereocenters. The molecule has 3 rings (SSSR count). The molecule has 3 nitrogen and oxygen atoms in total. The Morgan fingerprint density at radius 1 is 1.10 bits per heavy atom. The van der Waals surface area contributed by atoms with Gasteiger partial charge in [0.05, 0.1) is 0 Å². The van der Waals surface area contributed by atoms with E-state index in [1.807, 2.05) is 0 Å². The molecule has 1 amide bonds. The van der Waals surface area contributed by atoms with Crippen LogP contribution in [0.2, 0.25) is 0 Å². The van der Waals surface area contributed by atoms with Gasteiger partial charge in [-0.1, -0.05) is 13.3 Å². The van der Waals surface area contributed by atoms with Gasteiger partial charge in [0.2, 0.25) is 5.91 Å². The van der Waals surface area contributed by atoms with E-state index in [2.05, 4.69) is 19.2 Å². The second kappa shape index (κ2) is 5.91. The summed E-state index contributed by atoms with van der Waals surface area (Å²) in [6.07, 6.45) is 10.6. The number of carbonyl (C=O) groups excluding carboxylic acids is 1. The van der Waals surface area contributed by atoms with Gasteiger partial charge in [-0.15, -0.1) is 0 Å². The quantitative estimate of drug-likeness (QED) is 0.821. The number of fused-ring (bicyclic) bond motifs is 2. The average Bonchev–Trinajstić information content (AvgIpc) is 2.42. The topological polar surface area (TPSA) is 55.1 Å². The minimum absolute atomic E-state index is 0.0399. The molecule has 3 aliphatic carbocycles. The van der Waals surface area contributed by atoms with Crippen molar-refractivity contribution in [3.8, 4) is 0 Å². The maximum atomic E-state index is 12.7. The molecule has 0 spiro atoms. The SMILES string of the molecule is CC1CCC(C)(NC(=O)C2CC3CCCC(C2)C3N)CC1. The van der Waals surface area contributed by atoms with Crippen LogP contribution in [0.4, 0.5) is 0 Å². The van der Waals surface area contributed by atoms with Gasteiger partial charge in [0.1, 0.15) is 0 Å². The predicted molar refractivity (Wildman–Crippen MR) is 85.7 cm³/mol. The standard InChI is InChI=1S/C18H32N2O/c1-12-6-8-18(2,9-7-12)20-17(21)15-10-13-4-3-5-14(11-15)16(13)19/h12-16H,3-11,19H2,1-2H3,(H,20,21). The molecule has 0 saturated heterocycles. The third-order valence-electron chi connectivity index (χ3n) is 6.59. The molecule has 3 N–H and O–H groups in total. The lowest BCUT2D eigenvalue weighted by molar-refractivity contribution is -0.130. The molecule has 3 aliphatic rings. The molecule has 0 heterocycles. The minimum Gasteiger partial charge on any atom is -0.351 e. The molecule has 2 bridgehead atoms. The molecule has 0 radical (unpaired) electrons. The van der Waals surface area contributed by atoms with Crippen molar-refractivity contribution in [2.45, 2.75) is 83.2 Å². The van der Waals surface area contributed by atoms with Gasteiger partial charge < -0.3 is 11.1 Å². The largest absolute Gasteiger partial charge is 0.351 e. The first-order valence-corrected chi connectivity index (χ1v) is 9.04. The molecule has 3 fully saturated rings. The van der Waals surface area contributed by atoms with Crippen molar-refractivity contribution in [3.05, 3.63) is 0 Å². The van der Waals surface area contributed by atoms with Gasteiger partial charge >= 0.3 is 0 Å². The number of hydrogen-bond donors (Lipinski definition) is 2. The highest BCUT2D eigenvalue weighted by Gasteiger charge is 2.42. The van der Waals surface area contributed by atoms with Gasteiger partial charge in [0.15, 0.2) is 0 Å². The van der Waals surface area contributed by atoms with Gasteiger partial charge in [-0.3, -0.25) is 4.79 Å². The first-order valence-electron chi connectivity index (χ1n) is 9.04. The fourth-order valence-electron chi connectivity index (χ4n) is 4.93. The van der Waals surface area contributed by atoms with E-state index in [-0.39, 0.29) is 11.5 Å². The van der Waals surface area contributed by atoms with Crippen molar-refractivity contribution in [2.24, 2.45) is 29.4 Å². The summed E-state index contributed by atoms with van der Waals surface area (Å²) in [5.41, 5.74) is 6.38. The lowest BCUT2D eigenvalue weighted by Gasteiger charge is -2.45. The average molecular weight is 292 g/mol. The summed E-state index contributed by atoms with van der Waals surface area (Å²) in [5.74, 6) is 2.54. The summed E-state index contributed by atoms with van der Waals surface area (Å²) in [7, 11) is 0. The zero-order valence-corrected chi connectivity index (χ0v) is 13.7. The Morgan fingerprint density at radius 2 is 1.67 bits per heavy atom. The highest BCUT2D eigenvalue weighted by molar-refractivity contribution is 5.79. The Kier molecular flexibility index (Phi) is 4.31. The molecule has 0 aromatic heterocycles. The Morgan fingerprint density at radius 3 is 2.24 bits per heavy atom. The molecular weight excluding hydrogens is 260 g/mol.